The minimum Gasteiger partial charge on any atom is -0.466 e. The van der Waals surface area contributed by atoms with Crippen LogP contribution in [0.3, 0.4) is 0 Å². The van der Waals surface area contributed by atoms with E-state index in [0.717, 1.165) is 0 Å². The third-order valence-electron chi connectivity index (χ3n) is 2.35. The molecule has 0 aliphatic rings. The second-order valence-electron chi connectivity index (χ2n) is 4.21. The van der Waals surface area contributed by atoms with Gasteiger partial charge in [-0.2, -0.15) is 0 Å². The molecule has 1 atom stereocenters. The summed E-state index contributed by atoms with van der Waals surface area (Å²) in [7, 11) is 0. The molecule has 78 valence electrons. The highest BCUT2D eigenvalue weighted by atomic mass is 16.5. The third-order valence-corrected chi connectivity index (χ3v) is 2.35. The molecule has 3 heteroatoms. The summed E-state index contributed by atoms with van der Waals surface area (Å²) in [4.78, 5) is 11.5. The van der Waals surface area contributed by atoms with Gasteiger partial charge in [0.05, 0.1) is 12.0 Å². The minimum atomic E-state index is -0.593. The average Bonchev–Trinajstić information content (AvgIpc) is 2.03. The lowest BCUT2D eigenvalue weighted by Gasteiger charge is -2.31. The second kappa shape index (κ2) is 4.61. The van der Waals surface area contributed by atoms with Gasteiger partial charge in [-0.1, -0.05) is 13.8 Å². The molecule has 0 rings (SSSR count). The van der Waals surface area contributed by atoms with E-state index in [9.17, 15) is 4.79 Å². The van der Waals surface area contributed by atoms with Crippen molar-refractivity contribution in [2.75, 3.05) is 6.61 Å². The number of esters is 1. The predicted molar refractivity (Wildman–Crippen MR) is 53.2 cm³/mol. The molecule has 0 aliphatic carbocycles. The highest BCUT2D eigenvalue weighted by molar-refractivity contribution is 5.76. The number of nitrogens with two attached hydrogens (primary N) is 1. The van der Waals surface area contributed by atoms with Crippen molar-refractivity contribution in [2.45, 2.75) is 40.7 Å². The molecule has 0 aromatic heterocycles. The summed E-state index contributed by atoms with van der Waals surface area (Å²) in [5.41, 5.74) is 5.33. The maximum Gasteiger partial charge on any atom is 0.313 e. The molecule has 0 saturated carbocycles. The van der Waals surface area contributed by atoms with E-state index in [-0.39, 0.29) is 17.9 Å². The molecule has 0 aromatic carbocycles. The fourth-order valence-electron chi connectivity index (χ4n) is 1.29. The molecule has 0 unspecified atom stereocenters. The first-order valence-electron chi connectivity index (χ1n) is 4.76. The number of hydrogen-bond acceptors (Lipinski definition) is 3. The molecule has 0 heterocycles. The lowest BCUT2D eigenvalue weighted by molar-refractivity contribution is -0.155. The van der Waals surface area contributed by atoms with Crippen LogP contribution in [0.25, 0.3) is 0 Å². The molecule has 0 spiro atoms. The van der Waals surface area contributed by atoms with E-state index in [0.29, 0.717) is 6.61 Å². The molecule has 2 N–H and O–H groups in total. The zero-order valence-corrected chi connectivity index (χ0v) is 9.26. The van der Waals surface area contributed by atoms with Gasteiger partial charge in [-0.25, -0.2) is 0 Å². The van der Waals surface area contributed by atoms with Crippen molar-refractivity contribution in [3.05, 3.63) is 0 Å². The van der Waals surface area contributed by atoms with Gasteiger partial charge in [-0.3, -0.25) is 4.79 Å². The third kappa shape index (κ3) is 2.99. The van der Waals surface area contributed by atoms with Crippen LogP contribution in [0.1, 0.15) is 34.6 Å². The summed E-state index contributed by atoms with van der Waals surface area (Å²) in [5.74, 6) is 0.0654. The Bertz CT molecular complexity index is 176. The molecular weight excluding hydrogens is 166 g/mol. The van der Waals surface area contributed by atoms with Crippen LogP contribution in [0.15, 0.2) is 0 Å². The van der Waals surface area contributed by atoms with Gasteiger partial charge in [0.2, 0.25) is 0 Å². The number of rotatable bonds is 4. The lowest BCUT2D eigenvalue weighted by atomic mass is 9.79. The average molecular weight is 187 g/mol. The Labute approximate surface area is 80.6 Å². The van der Waals surface area contributed by atoms with E-state index < -0.39 is 5.41 Å². The van der Waals surface area contributed by atoms with Crippen molar-refractivity contribution in [2.24, 2.45) is 17.1 Å². The topological polar surface area (TPSA) is 52.3 Å². The monoisotopic (exact) mass is 187 g/mol. The SMILES string of the molecule is CCOC(=O)C(C)(C)[C@H](N)C(C)C. The van der Waals surface area contributed by atoms with Crippen LogP contribution in [0.2, 0.25) is 0 Å². The Morgan fingerprint density at radius 3 is 2.23 bits per heavy atom. The van der Waals surface area contributed by atoms with Crippen LogP contribution in [0, 0.1) is 11.3 Å². The summed E-state index contributed by atoms with van der Waals surface area (Å²) in [6.45, 7) is 9.88. The Morgan fingerprint density at radius 2 is 1.92 bits per heavy atom. The molecule has 0 aliphatic heterocycles. The van der Waals surface area contributed by atoms with E-state index >= 15 is 0 Å². The fourth-order valence-corrected chi connectivity index (χ4v) is 1.29. The normalized spacial score (nSPS) is 14.4. The molecule has 0 fully saturated rings. The van der Waals surface area contributed by atoms with E-state index in [1.54, 1.807) is 6.92 Å². The van der Waals surface area contributed by atoms with E-state index in [1.807, 2.05) is 27.7 Å². The van der Waals surface area contributed by atoms with Crippen LogP contribution in [-0.2, 0) is 9.53 Å². The van der Waals surface area contributed by atoms with Gasteiger partial charge in [-0.15, -0.1) is 0 Å². The predicted octanol–water partition coefficient (Wildman–Crippen LogP) is 1.56. The maximum absolute atomic E-state index is 11.5. The second-order valence-corrected chi connectivity index (χ2v) is 4.21. The molecule has 3 nitrogen and oxygen atoms in total. The largest absolute Gasteiger partial charge is 0.466 e. The molecule has 0 aromatic rings. The van der Waals surface area contributed by atoms with Gasteiger partial charge in [0.25, 0.3) is 0 Å². The maximum atomic E-state index is 11.5. The van der Waals surface area contributed by atoms with Gasteiger partial charge >= 0.3 is 5.97 Å². The lowest BCUT2D eigenvalue weighted by Crippen LogP contribution is -2.47. The van der Waals surface area contributed by atoms with Gasteiger partial charge < -0.3 is 10.5 Å². The Hall–Kier alpha value is -0.570. The van der Waals surface area contributed by atoms with E-state index in [1.165, 1.54) is 0 Å². The summed E-state index contributed by atoms with van der Waals surface area (Å²) >= 11 is 0. The first kappa shape index (κ1) is 12.4. The Balaban J connectivity index is 4.45. The fraction of sp³-hybridized carbons (Fsp3) is 0.900. The highest BCUT2D eigenvalue weighted by Gasteiger charge is 2.37. The number of carbonyl (C=O) groups excluding carboxylic acids is 1. The van der Waals surface area contributed by atoms with Crippen LogP contribution in [-0.4, -0.2) is 18.6 Å². The summed E-state index contributed by atoms with van der Waals surface area (Å²) in [6, 6.07) is -0.161. The minimum absolute atomic E-state index is 0.161. The van der Waals surface area contributed by atoms with Crippen molar-refractivity contribution in [3.8, 4) is 0 Å². The van der Waals surface area contributed by atoms with Crippen molar-refractivity contribution < 1.29 is 9.53 Å². The van der Waals surface area contributed by atoms with Crippen LogP contribution in [0.4, 0.5) is 0 Å². The van der Waals surface area contributed by atoms with Crippen molar-refractivity contribution in [3.63, 3.8) is 0 Å². The number of hydrogen-bond donors (Lipinski definition) is 1. The molecule has 13 heavy (non-hydrogen) atoms. The highest BCUT2D eigenvalue weighted by Crippen LogP contribution is 2.25. The zero-order valence-electron chi connectivity index (χ0n) is 9.26. The smallest absolute Gasteiger partial charge is 0.313 e. The first-order chi connectivity index (χ1) is 5.84. The molecule has 0 amide bonds. The van der Waals surface area contributed by atoms with Crippen LogP contribution < -0.4 is 5.73 Å². The van der Waals surface area contributed by atoms with Crippen molar-refractivity contribution in [1.29, 1.82) is 0 Å². The quantitative estimate of drug-likeness (QED) is 0.679. The van der Waals surface area contributed by atoms with Gasteiger partial charge in [0.15, 0.2) is 0 Å². The zero-order chi connectivity index (χ0) is 10.6. The standard InChI is InChI=1S/C10H21NO2/c1-6-13-9(12)10(4,5)8(11)7(2)3/h7-8H,6,11H2,1-5H3/t8-/m1/s1. The summed E-state index contributed by atoms with van der Waals surface area (Å²) in [5, 5.41) is 0. The van der Waals surface area contributed by atoms with Gasteiger partial charge in [0.1, 0.15) is 0 Å². The van der Waals surface area contributed by atoms with Gasteiger partial charge in [0, 0.05) is 6.04 Å². The molecular formula is C10H21NO2. The first-order valence-corrected chi connectivity index (χ1v) is 4.76. The van der Waals surface area contributed by atoms with E-state index in [2.05, 4.69) is 0 Å². The molecule has 0 saturated heterocycles. The summed E-state index contributed by atoms with van der Waals surface area (Å²) in [6.07, 6.45) is 0. The number of carbonyl (C=O) groups is 1. The van der Waals surface area contributed by atoms with Crippen molar-refractivity contribution in [1.82, 2.24) is 0 Å². The van der Waals surface area contributed by atoms with E-state index in [4.69, 9.17) is 10.5 Å². The van der Waals surface area contributed by atoms with Gasteiger partial charge in [-0.05, 0) is 26.7 Å². The van der Waals surface area contributed by atoms with Crippen LogP contribution in [0.5, 0.6) is 0 Å². The summed E-state index contributed by atoms with van der Waals surface area (Å²) < 4.78 is 4.96. The number of ether oxygens (including phenoxy) is 1. The molecule has 0 bridgehead atoms. The Morgan fingerprint density at radius 1 is 1.46 bits per heavy atom. The molecule has 0 radical (unpaired) electrons. The van der Waals surface area contributed by atoms with Crippen LogP contribution >= 0.6 is 0 Å². The Kier molecular flexibility index (Phi) is 4.40. The van der Waals surface area contributed by atoms with Crippen molar-refractivity contribution >= 4 is 5.97 Å².